The third-order valence-electron chi connectivity index (χ3n) is 2.79. The SMILES string of the molecule is CCNc1nc(CNC(C)=O)nc(N2CCOCC2)n1. The van der Waals surface area contributed by atoms with Gasteiger partial charge in [-0.25, -0.2) is 0 Å². The molecule has 1 aromatic heterocycles. The number of nitrogens with zero attached hydrogens (tertiary/aromatic N) is 4. The number of carbonyl (C=O) groups is 1. The van der Waals surface area contributed by atoms with E-state index in [9.17, 15) is 4.79 Å². The highest BCUT2D eigenvalue weighted by Crippen LogP contribution is 2.12. The lowest BCUT2D eigenvalue weighted by molar-refractivity contribution is -0.119. The Morgan fingerprint density at radius 2 is 2.05 bits per heavy atom. The van der Waals surface area contributed by atoms with Crippen LogP contribution in [-0.4, -0.2) is 53.7 Å². The standard InChI is InChI=1S/C12H20N6O2/c1-3-13-11-15-10(8-14-9(2)19)16-12(17-11)18-4-6-20-7-5-18/h3-8H2,1-2H3,(H,14,19)(H,13,15,16,17). The molecule has 0 spiro atoms. The van der Waals surface area contributed by atoms with Crippen LogP contribution in [-0.2, 0) is 16.1 Å². The molecule has 0 aliphatic carbocycles. The van der Waals surface area contributed by atoms with Crippen molar-refractivity contribution in [3.63, 3.8) is 0 Å². The summed E-state index contributed by atoms with van der Waals surface area (Å²) in [4.78, 5) is 26.1. The van der Waals surface area contributed by atoms with E-state index in [4.69, 9.17) is 4.74 Å². The first-order valence-electron chi connectivity index (χ1n) is 6.75. The predicted octanol–water partition coefficient (Wildman–Crippen LogP) is -0.224. The summed E-state index contributed by atoms with van der Waals surface area (Å²) in [5.74, 6) is 1.60. The van der Waals surface area contributed by atoms with Crippen molar-refractivity contribution in [3.8, 4) is 0 Å². The van der Waals surface area contributed by atoms with E-state index in [1.165, 1.54) is 6.92 Å². The molecule has 0 aromatic carbocycles. The summed E-state index contributed by atoms with van der Waals surface area (Å²) < 4.78 is 5.32. The minimum absolute atomic E-state index is 0.108. The maximum Gasteiger partial charge on any atom is 0.230 e. The summed E-state index contributed by atoms with van der Waals surface area (Å²) in [5.41, 5.74) is 0. The van der Waals surface area contributed by atoms with Gasteiger partial charge in [0, 0.05) is 26.6 Å². The van der Waals surface area contributed by atoms with Crippen LogP contribution >= 0.6 is 0 Å². The van der Waals surface area contributed by atoms with Crippen molar-refractivity contribution in [2.24, 2.45) is 0 Å². The van der Waals surface area contributed by atoms with Crippen molar-refractivity contribution in [2.45, 2.75) is 20.4 Å². The third kappa shape index (κ3) is 4.02. The molecule has 1 amide bonds. The van der Waals surface area contributed by atoms with Gasteiger partial charge in [-0.3, -0.25) is 4.79 Å². The van der Waals surface area contributed by atoms with Gasteiger partial charge in [-0.2, -0.15) is 15.0 Å². The van der Waals surface area contributed by atoms with Gasteiger partial charge in [-0.05, 0) is 6.92 Å². The summed E-state index contributed by atoms with van der Waals surface area (Å²) in [6.45, 7) is 7.33. The molecule has 20 heavy (non-hydrogen) atoms. The number of morpholine rings is 1. The molecule has 1 aliphatic heterocycles. The highest BCUT2D eigenvalue weighted by molar-refractivity contribution is 5.72. The number of hydrogen-bond donors (Lipinski definition) is 2. The second kappa shape index (κ2) is 6.99. The van der Waals surface area contributed by atoms with Gasteiger partial charge < -0.3 is 20.3 Å². The van der Waals surface area contributed by atoms with E-state index in [1.54, 1.807) is 0 Å². The largest absolute Gasteiger partial charge is 0.378 e. The Labute approximate surface area is 118 Å². The van der Waals surface area contributed by atoms with Crippen LogP contribution in [0.4, 0.5) is 11.9 Å². The van der Waals surface area contributed by atoms with E-state index in [2.05, 4.69) is 30.5 Å². The maximum atomic E-state index is 11.0. The van der Waals surface area contributed by atoms with E-state index < -0.39 is 0 Å². The molecular weight excluding hydrogens is 260 g/mol. The van der Waals surface area contributed by atoms with Crippen LogP contribution in [0, 0.1) is 0 Å². The van der Waals surface area contributed by atoms with Gasteiger partial charge in [-0.15, -0.1) is 0 Å². The van der Waals surface area contributed by atoms with Crippen molar-refractivity contribution < 1.29 is 9.53 Å². The lowest BCUT2D eigenvalue weighted by atomic mass is 10.4. The van der Waals surface area contributed by atoms with Crippen molar-refractivity contribution >= 4 is 17.8 Å². The molecule has 1 fully saturated rings. The fourth-order valence-corrected chi connectivity index (χ4v) is 1.83. The molecule has 0 atom stereocenters. The normalized spacial score (nSPS) is 15.0. The molecule has 2 rings (SSSR count). The second-order valence-corrected chi connectivity index (χ2v) is 4.41. The first-order chi connectivity index (χ1) is 9.69. The topological polar surface area (TPSA) is 92.3 Å². The number of rotatable bonds is 5. The van der Waals surface area contributed by atoms with Gasteiger partial charge in [0.1, 0.15) is 0 Å². The van der Waals surface area contributed by atoms with E-state index in [-0.39, 0.29) is 5.91 Å². The number of carbonyl (C=O) groups excluding carboxylic acids is 1. The van der Waals surface area contributed by atoms with E-state index in [1.807, 2.05) is 6.92 Å². The van der Waals surface area contributed by atoms with Gasteiger partial charge in [-0.1, -0.05) is 0 Å². The van der Waals surface area contributed by atoms with E-state index >= 15 is 0 Å². The fourth-order valence-electron chi connectivity index (χ4n) is 1.83. The van der Waals surface area contributed by atoms with Crippen LogP contribution < -0.4 is 15.5 Å². The van der Waals surface area contributed by atoms with Crippen molar-refractivity contribution in [1.82, 2.24) is 20.3 Å². The molecule has 110 valence electrons. The third-order valence-corrected chi connectivity index (χ3v) is 2.79. The van der Waals surface area contributed by atoms with Crippen LogP contribution in [0.15, 0.2) is 0 Å². The average Bonchev–Trinajstić information content (AvgIpc) is 2.46. The molecule has 0 unspecified atom stereocenters. The minimum Gasteiger partial charge on any atom is -0.378 e. The minimum atomic E-state index is -0.108. The Morgan fingerprint density at radius 1 is 1.30 bits per heavy atom. The Hall–Kier alpha value is -1.96. The van der Waals surface area contributed by atoms with Crippen LogP contribution in [0.3, 0.4) is 0 Å². The zero-order chi connectivity index (χ0) is 14.4. The molecule has 1 saturated heterocycles. The van der Waals surface area contributed by atoms with Gasteiger partial charge in [0.2, 0.25) is 17.8 Å². The number of nitrogens with one attached hydrogen (secondary N) is 2. The Bertz CT molecular complexity index is 461. The summed E-state index contributed by atoms with van der Waals surface area (Å²) in [6.07, 6.45) is 0. The zero-order valence-corrected chi connectivity index (χ0v) is 11.8. The first kappa shape index (κ1) is 14.4. The van der Waals surface area contributed by atoms with Gasteiger partial charge in [0.25, 0.3) is 0 Å². The lowest BCUT2D eigenvalue weighted by Gasteiger charge is -2.27. The summed E-state index contributed by atoms with van der Waals surface area (Å²) >= 11 is 0. The molecule has 8 heteroatoms. The van der Waals surface area contributed by atoms with Crippen molar-refractivity contribution in [1.29, 1.82) is 0 Å². The molecule has 8 nitrogen and oxygen atoms in total. The van der Waals surface area contributed by atoms with Crippen LogP contribution in [0.2, 0.25) is 0 Å². The number of aromatic nitrogens is 3. The van der Waals surface area contributed by atoms with Crippen molar-refractivity contribution in [2.75, 3.05) is 43.1 Å². The highest BCUT2D eigenvalue weighted by Gasteiger charge is 2.16. The van der Waals surface area contributed by atoms with E-state index in [0.29, 0.717) is 37.5 Å². The molecule has 0 radical (unpaired) electrons. The van der Waals surface area contributed by atoms with Crippen molar-refractivity contribution in [3.05, 3.63) is 5.82 Å². The van der Waals surface area contributed by atoms with Crippen LogP contribution in [0.5, 0.6) is 0 Å². The molecule has 2 N–H and O–H groups in total. The molecule has 0 saturated carbocycles. The summed E-state index contributed by atoms with van der Waals surface area (Å²) in [7, 11) is 0. The average molecular weight is 280 g/mol. The number of amides is 1. The maximum absolute atomic E-state index is 11.0. The van der Waals surface area contributed by atoms with Gasteiger partial charge in [0.05, 0.1) is 19.8 Å². The first-order valence-corrected chi connectivity index (χ1v) is 6.75. The monoisotopic (exact) mass is 280 g/mol. The fraction of sp³-hybridized carbons (Fsp3) is 0.667. The lowest BCUT2D eigenvalue weighted by Crippen LogP contribution is -2.38. The zero-order valence-electron chi connectivity index (χ0n) is 11.8. The molecule has 0 bridgehead atoms. The Morgan fingerprint density at radius 3 is 2.70 bits per heavy atom. The molecular formula is C12H20N6O2. The highest BCUT2D eigenvalue weighted by atomic mass is 16.5. The quantitative estimate of drug-likeness (QED) is 0.770. The summed E-state index contributed by atoms with van der Waals surface area (Å²) in [6, 6.07) is 0. The van der Waals surface area contributed by atoms with E-state index in [0.717, 1.165) is 19.6 Å². The molecule has 2 heterocycles. The van der Waals surface area contributed by atoms with Gasteiger partial charge >= 0.3 is 0 Å². The molecule has 1 aromatic rings. The smallest absolute Gasteiger partial charge is 0.230 e. The number of hydrogen-bond acceptors (Lipinski definition) is 7. The van der Waals surface area contributed by atoms with Crippen LogP contribution in [0.1, 0.15) is 19.7 Å². The van der Waals surface area contributed by atoms with Gasteiger partial charge in [0.15, 0.2) is 5.82 Å². The predicted molar refractivity (Wildman–Crippen MR) is 74.5 cm³/mol. The molecule has 1 aliphatic rings. The Kier molecular flexibility index (Phi) is 5.05. The Balaban J connectivity index is 2.17. The summed E-state index contributed by atoms with van der Waals surface area (Å²) in [5, 5.41) is 5.78. The van der Waals surface area contributed by atoms with Crippen LogP contribution in [0.25, 0.3) is 0 Å². The number of anilines is 2. The second-order valence-electron chi connectivity index (χ2n) is 4.41. The number of ether oxygens (including phenoxy) is 1.